The molecular weight excluding hydrogens is 270 g/mol. The summed E-state index contributed by atoms with van der Waals surface area (Å²) in [6.45, 7) is 0. The van der Waals surface area contributed by atoms with Crippen LogP contribution >= 0.6 is 11.8 Å². The molecule has 1 aromatic carbocycles. The Hall–Kier alpha value is -2.14. The van der Waals surface area contributed by atoms with E-state index in [1.165, 1.54) is 13.2 Å². The zero-order valence-corrected chi connectivity index (χ0v) is 11.1. The molecule has 0 amide bonds. The maximum atomic E-state index is 11.0. The van der Waals surface area contributed by atoms with Crippen LogP contribution in [0.15, 0.2) is 30.3 Å². The highest BCUT2D eigenvalue weighted by molar-refractivity contribution is 6.19. The van der Waals surface area contributed by atoms with Gasteiger partial charge in [0.1, 0.15) is 17.2 Å². The first-order valence-corrected chi connectivity index (χ1v) is 5.76. The molecule has 2 aromatic rings. The largest absolute Gasteiger partial charge is 0.497 e. The van der Waals surface area contributed by atoms with E-state index in [1.54, 1.807) is 31.4 Å². The molecule has 0 unspecified atom stereocenters. The first kappa shape index (κ1) is 13.3. The molecule has 0 fully saturated rings. The number of rotatable bonds is 4. The van der Waals surface area contributed by atoms with Crippen LogP contribution in [0.2, 0.25) is 0 Å². The number of hydrogen-bond donors (Lipinski definition) is 1. The van der Waals surface area contributed by atoms with Crippen molar-refractivity contribution in [2.45, 2.75) is 0 Å². The number of carboxylic acid groups (broad SMARTS) is 1. The highest BCUT2D eigenvalue weighted by Crippen LogP contribution is 2.35. The summed E-state index contributed by atoms with van der Waals surface area (Å²) in [5, 5.41) is 8.99. The maximum Gasteiger partial charge on any atom is 0.353 e. The lowest BCUT2D eigenvalue weighted by molar-refractivity contribution is 0.0690. The van der Waals surface area contributed by atoms with Gasteiger partial charge in [0.15, 0.2) is 0 Å². The van der Waals surface area contributed by atoms with Crippen LogP contribution in [0, 0.1) is 0 Å². The summed E-state index contributed by atoms with van der Waals surface area (Å²) < 4.78 is 11.5. The minimum absolute atomic E-state index is 0.0125. The Bertz CT molecular complexity index is 621. The van der Waals surface area contributed by atoms with Crippen molar-refractivity contribution >= 4 is 17.7 Å². The van der Waals surface area contributed by atoms with E-state index in [-0.39, 0.29) is 5.69 Å². The zero-order chi connectivity index (χ0) is 14.0. The van der Waals surface area contributed by atoms with E-state index in [0.29, 0.717) is 22.8 Å². The number of benzene rings is 1. The molecule has 6 heteroatoms. The number of methoxy groups -OCH3 is 2. The molecule has 1 heterocycles. The standard InChI is InChI=1S/C13H12ClNO4/c1-18-8-3-6-12(19-2)9(7-8)10-4-5-11(13(16)17)15(10)14/h3-7H,1-2H3,(H,16,17). The molecule has 0 saturated carbocycles. The summed E-state index contributed by atoms with van der Waals surface area (Å²) >= 11 is 6.02. The van der Waals surface area contributed by atoms with Crippen LogP contribution in [0.4, 0.5) is 0 Å². The van der Waals surface area contributed by atoms with E-state index < -0.39 is 5.97 Å². The summed E-state index contributed by atoms with van der Waals surface area (Å²) in [6, 6.07) is 8.27. The molecule has 0 atom stereocenters. The molecule has 1 aromatic heterocycles. The zero-order valence-electron chi connectivity index (χ0n) is 10.4. The van der Waals surface area contributed by atoms with Crippen LogP contribution in [-0.2, 0) is 0 Å². The summed E-state index contributed by atoms with van der Waals surface area (Å²) in [5.74, 6) is 0.117. The molecule has 19 heavy (non-hydrogen) atoms. The number of nitrogens with zero attached hydrogens (tertiary/aromatic N) is 1. The molecule has 0 radical (unpaired) electrons. The molecule has 0 saturated heterocycles. The van der Waals surface area contributed by atoms with Gasteiger partial charge in [-0.05, 0) is 30.3 Å². The third-order valence-electron chi connectivity index (χ3n) is 2.72. The van der Waals surface area contributed by atoms with Crippen molar-refractivity contribution in [2.24, 2.45) is 0 Å². The molecule has 0 aliphatic heterocycles. The van der Waals surface area contributed by atoms with Gasteiger partial charge in [0, 0.05) is 17.3 Å². The van der Waals surface area contributed by atoms with Gasteiger partial charge in [-0.1, -0.05) is 0 Å². The van der Waals surface area contributed by atoms with Crippen LogP contribution in [0.3, 0.4) is 0 Å². The lowest BCUT2D eigenvalue weighted by Crippen LogP contribution is -2.02. The summed E-state index contributed by atoms with van der Waals surface area (Å²) in [7, 11) is 3.08. The van der Waals surface area contributed by atoms with Gasteiger partial charge in [0.05, 0.1) is 19.9 Å². The molecule has 0 spiro atoms. The van der Waals surface area contributed by atoms with E-state index in [1.807, 2.05) is 0 Å². The average Bonchev–Trinajstić information content (AvgIpc) is 2.79. The Morgan fingerprint density at radius 3 is 2.47 bits per heavy atom. The van der Waals surface area contributed by atoms with E-state index in [0.717, 1.165) is 4.09 Å². The van der Waals surface area contributed by atoms with Crippen molar-refractivity contribution in [3.05, 3.63) is 36.0 Å². The van der Waals surface area contributed by atoms with Crippen LogP contribution in [-0.4, -0.2) is 29.4 Å². The fraction of sp³-hybridized carbons (Fsp3) is 0.154. The monoisotopic (exact) mass is 281 g/mol. The molecule has 5 nitrogen and oxygen atoms in total. The van der Waals surface area contributed by atoms with E-state index >= 15 is 0 Å². The lowest BCUT2D eigenvalue weighted by Gasteiger charge is -2.10. The van der Waals surface area contributed by atoms with Crippen LogP contribution < -0.4 is 9.47 Å². The van der Waals surface area contributed by atoms with Crippen LogP contribution in [0.1, 0.15) is 10.5 Å². The Morgan fingerprint density at radius 1 is 1.21 bits per heavy atom. The number of aromatic carboxylic acids is 1. The molecule has 100 valence electrons. The van der Waals surface area contributed by atoms with E-state index in [2.05, 4.69) is 0 Å². The molecule has 0 aliphatic rings. The summed E-state index contributed by atoms with van der Waals surface area (Å²) in [4.78, 5) is 11.0. The average molecular weight is 282 g/mol. The highest BCUT2D eigenvalue weighted by atomic mass is 35.5. The highest BCUT2D eigenvalue weighted by Gasteiger charge is 2.17. The fourth-order valence-corrected chi connectivity index (χ4v) is 2.06. The quantitative estimate of drug-likeness (QED) is 0.936. The topological polar surface area (TPSA) is 60.7 Å². The van der Waals surface area contributed by atoms with Crippen LogP contribution in [0.5, 0.6) is 11.5 Å². The maximum absolute atomic E-state index is 11.0. The third kappa shape index (κ3) is 2.37. The van der Waals surface area contributed by atoms with Gasteiger partial charge in [-0.15, -0.1) is 0 Å². The Balaban J connectivity index is 2.60. The van der Waals surface area contributed by atoms with Gasteiger partial charge in [-0.25, -0.2) is 8.88 Å². The molecule has 1 N–H and O–H groups in total. The van der Waals surface area contributed by atoms with Gasteiger partial charge in [-0.2, -0.15) is 0 Å². The molecule has 0 bridgehead atoms. The Kier molecular flexibility index (Phi) is 3.66. The number of carbonyl (C=O) groups is 1. The molecule has 0 aliphatic carbocycles. The van der Waals surface area contributed by atoms with Crippen molar-refractivity contribution in [3.63, 3.8) is 0 Å². The summed E-state index contributed by atoms with van der Waals surface area (Å²) in [6.07, 6.45) is 0. The number of carboxylic acids is 1. The second-order valence-electron chi connectivity index (χ2n) is 3.76. The minimum Gasteiger partial charge on any atom is -0.497 e. The molecule has 2 rings (SSSR count). The van der Waals surface area contributed by atoms with Crippen molar-refractivity contribution in [2.75, 3.05) is 14.2 Å². The van der Waals surface area contributed by atoms with Gasteiger partial charge in [0.25, 0.3) is 0 Å². The van der Waals surface area contributed by atoms with Gasteiger partial charge < -0.3 is 14.6 Å². The Morgan fingerprint density at radius 2 is 1.95 bits per heavy atom. The predicted molar refractivity (Wildman–Crippen MR) is 71.2 cm³/mol. The first-order valence-electron chi connectivity index (χ1n) is 5.42. The number of hydrogen-bond acceptors (Lipinski definition) is 3. The number of ether oxygens (including phenoxy) is 2. The van der Waals surface area contributed by atoms with Gasteiger partial charge in [-0.3, -0.25) is 0 Å². The second-order valence-corrected chi connectivity index (χ2v) is 4.09. The normalized spacial score (nSPS) is 10.3. The van der Waals surface area contributed by atoms with E-state index in [9.17, 15) is 4.79 Å². The van der Waals surface area contributed by atoms with Crippen molar-refractivity contribution < 1.29 is 19.4 Å². The Labute approximate surface area is 115 Å². The number of aromatic nitrogens is 1. The minimum atomic E-state index is -1.09. The summed E-state index contributed by atoms with van der Waals surface area (Å²) in [5.41, 5.74) is 1.17. The lowest BCUT2D eigenvalue weighted by atomic mass is 10.1. The van der Waals surface area contributed by atoms with Gasteiger partial charge in [0.2, 0.25) is 0 Å². The number of halogens is 1. The van der Waals surface area contributed by atoms with Crippen molar-refractivity contribution in [1.82, 2.24) is 4.09 Å². The van der Waals surface area contributed by atoms with Crippen molar-refractivity contribution in [1.29, 1.82) is 0 Å². The van der Waals surface area contributed by atoms with Crippen molar-refractivity contribution in [3.8, 4) is 22.8 Å². The van der Waals surface area contributed by atoms with Crippen LogP contribution in [0.25, 0.3) is 11.3 Å². The first-order chi connectivity index (χ1) is 9.08. The SMILES string of the molecule is COc1ccc(OC)c(-c2ccc(C(=O)O)n2Cl)c1. The predicted octanol–water partition coefficient (Wildman–Crippen LogP) is 2.87. The molecular formula is C13H12ClNO4. The fourth-order valence-electron chi connectivity index (χ4n) is 1.78. The third-order valence-corrected chi connectivity index (χ3v) is 3.09. The van der Waals surface area contributed by atoms with Gasteiger partial charge >= 0.3 is 5.97 Å². The smallest absolute Gasteiger partial charge is 0.353 e. The second kappa shape index (κ2) is 5.24. The van der Waals surface area contributed by atoms with E-state index in [4.69, 9.17) is 26.4 Å².